The van der Waals surface area contributed by atoms with E-state index >= 15 is 0 Å². The van der Waals surface area contributed by atoms with Gasteiger partial charge in [0.25, 0.3) is 0 Å². The largest absolute Gasteiger partial charge is 0.278 e. The minimum atomic E-state index is -0.599. The maximum Gasteiger partial charge on any atom is 0.240 e. The molecule has 0 N–H and O–H groups in total. The molecule has 0 amide bonds. The summed E-state index contributed by atoms with van der Waals surface area (Å²) in [6, 6.07) is 99.4. The number of para-hydroxylation sites is 2. The Morgan fingerprint density at radius 3 is 1.32 bits per heavy atom. The van der Waals surface area contributed by atoms with E-state index in [0.717, 1.165) is 49.2 Å². The van der Waals surface area contributed by atoms with Crippen LogP contribution in [0.5, 0.6) is 0 Å². The number of aromatic nitrogens is 5. The molecule has 5 heteroatoms. The fourth-order valence-electron chi connectivity index (χ4n) is 13.6. The molecule has 0 spiro atoms. The van der Waals surface area contributed by atoms with Crippen LogP contribution in [0.25, 0.3) is 89.2 Å². The van der Waals surface area contributed by atoms with Gasteiger partial charge in [-0.1, -0.05) is 249 Å². The smallest absolute Gasteiger partial charge is 0.240 e. The number of rotatable bonds is 7. The van der Waals surface area contributed by atoms with Crippen molar-refractivity contribution in [1.29, 1.82) is 0 Å². The van der Waals surface area contributed by atoms with Crippen molar-refractivity contribution in [3.8, 4) is 45.5 Å². The second-order valence-electron chi connectivity index (χ2n) is 20.2. The van der Waals surface area contributed by atoms with Crippen LogP contribution in [0.2, 0.25) is 0 Å². The lowest BCUT2D eigenvalue weighted by Gasteiger charge is -2.34. The van der Waals surface area contributed by atoms with Crippen LogP contribution in [0.3, 0.4) is 0 Å². The highest BCUT2D eigenvalue weighted by molar-refractivity contribution is 6.16. The van der Waals surface area contributed by atoms with E-state index in [0.29, 0.717) is 17.7 Å². The van der Waals surface area contributed by atoms with Crippen molar-refractivity contribution >= 4 is 43.6 Å². The lowest BCUT2D eigenvalue weighted by molar-refractivity contribution is 0.768. The minimum absolute atomic E-state index is 0.539. The van der Waals surface area contributed by atoms with Gasteiger partial charge in [-0.15, -0.1) is 0 Å². The van der Waals surface area contributed by atoms with Crippen LogP contribution in [-0.4, -0.2) is 24.1 Å². The van der Waals surface area contributed by atoms with Gasteiger partial charge in [0.15, 0.2) is 5.82 Å². The number of hydrogen-bond donors (Lipinski definition) is 0. The van der Waals surface area contributed by atoms with Gasteiger partial charge < -0.3 is 0 Å². The normalized spacial score (nSPS) is 13.7. The standard InChI is InChI=1S/C71H45N5/c1-6-24-46(25-7-1)67-72-68(75-62-40-22-19-36-53(62)57-44-56-51-34-16-20-38-58(51)71(61(56)45-64(57)75,49-30-12-4-13-31-49)50-32-14-5-15-33-50)74-69(73-67)76-63-41-23-18-35-52(63)54-42-43-60-65(66(54)76)55-37-17-21-39-59(55)70(60,47-26-8-2-9-27-47)48-28-10-3-11-29-48/h1-45H. The van der Waals surface area contributed by atoms with E-state index in [4.69, 9.17) is 15.0 Å². The van der Waals surface area contributed by atoms with E-state index in [9.17, 15) is 0 Å². The quantitative estimate of drug-likeness (QED) is 0.160. The van der Waals surface area contributed by atoms with Crippen LogP contribution in [0.4, 0.5) is 0 Å². The molecule has 0 saturated heterocycles. The number of fused-ring (bicyclic) bond motifs is 13. The zero-order valence-electron chi connectivity index (χ0n) is 41.2. The molecule has 0 saturated carbocycles. The molecule has 0 atom stereocenters. The first-order valence-corrected chi connectivity index (χ1v) is 26.1. The third kappa shape index (κ3) is 5.71. The second-order valence-corrected chi connectivity index (χ2v) is 20.2. The fraction of sp³-hybridized carbons (Fsp3) is 0.0282. The van der Waals surface area contributed by atoms with Crippen molar-refractivity contribution in [2.24, 2.45) is 0 Å². The average Bonchev–Trinajstić information content (AvgIpc) is 4.21. The molecular weight excluding hydrogens is 923 g/mol. The average molecular weight is 968 g/mol. The Hall–Kier alpha value is -9.97. The van der Waals surface area contributed by atoms with Gasteiger partial charge in [-0.3, -0.25) is 9.13 Å². The van der Waals surface area contributed by atoms with Crippen molar-refractivity contribution < 1.29 is 0 Å². The third-order valence-corrected chi connectivity index (χ3v) is 16.5. The summed E-state index contributed by atoms with van der Waals surface area (Å²) in [6.45, 7) is 0. The molecule has 0 aliphatic heterocycles. The maximum absolute atomic E-state index is 5.77. The first-order valence-electron chi connectivity index (χ1n) is 26.1. The van der Waals surface area contributed by atoms with Crippen LogP contribution in [-0.2, 0) is 10.8 Å². The van der Waals surface area contributed by atoms with Crippen molar-refractivity contribution in [1.82, 2.24) is 24.1 Å². The lowest BCUT2D eigenvalue weighted by atomic mass is 9.67. The molecule has 0 bridgehead atoms. The van der Waals surface area contributed by atoms with Crippen LogP contribution in [0, 0.1) is 0 Å². The number of nitrogens with zero attached hydrogens (tertiary/aromatic N) is 5. The molecule has 5 nitrogen and oxygen atoms in total. The van der Waals surface area contributed by atoms with Crippen molar-refractivity contribution in [2.45, 2.75) is 10.8 Å². The number of hydrogen-bond acceptors (Lipinski definition) is 3. The molecule has 0 unspecified atom stereocenters. The van der Waals surface area contributed by atoms with Gasteiger partial charge in [-0.05, 0) is 85.5 Å². The molecule has 3 heterocycles. The monoisotopic (exact) mass is 967 g/mol. The highest BCUT2D eigenvalue weighted by Crippen LogP contribution is 2.60. The van der Waals surface area contributed by atoms with Gasteiger partial charge in [-0.25, -0.2) is 0 Å². The van der Waals surface area contributed by atoms with E-state index < -0.39 is 10.8 Å². The Balaban J connectivity index is 1.03. The summed E-state index contributed by atoms with van der Waals surface area (Å²) in [4.78, 5) is 16.9. The molecule has 354 valence electrons. The van der Waals surface area contributed by atoms with E-state index in [1.54, 1.807) is 0 Å². The Morgan fingerprint density at radius 2 is 0.724 bits per heavy atom. The summed E-state index contributed by atoms with van der Waals surface area (Å²) >= 11 is 0. The first kappa shape index (κ1) is 42.5. The summed E-state index contributed by atoms with van der Waals surface area (Å²) < 4.78 is 4.61. The predicted molar refractivity (Wildman–Crippen MR) is 309 cm³/mol. The van der Waals surface area contributed by atoms with Gasteiger partial charge in [0.2, 0.25) is 11.9 Å². The van der Waals surface area contributed by atoms with Crippen LogP contribution in [0.15, 0.2) is 273 Å². The van der Waals surface area contributed by atoms with Gasteiger partial charge in [0, 0.05) is 32.7 Å². The van der Waals surface area contributed by atoms with Gasteiger partial charge >= 0.3 is 0 Å². The third-order valence-electron chi connectivity index (χ3n) is 16.5. The SMILES string of the molecule is c1ccc(-c2nc(-n3c4ccccc4c4cc5c(cc43)C(c3ccccc3)(c3ccccc3)c3ccccc3-5)nc(-n3c4ccccc4c4ccc5c(c43)-c3ccccc3C5(c3ccccc3)c3ccccc3)n2)cc1. The number of benzene rings is 11. The van der Waals surface area contributed by atoms with Gasteiger partial charge in [-0.2, -0.15) is 15.0 Å². The van der Waals surface area contributed by atoms with E-state index in [-0.39, 0.29) is 0 Å². The lowest BCUT2D eigenvalue weighted by Crippen LogP contribution is -2.28. The Kier molecular flexibility index (Phi) is 9.10. The highest BCUT2D eigenvalue weighted by atomic mass is 15.3. The summed E-state index contributed by atoms with van der Waals surface area (Å²) in [7, 11) is 0. The second kappa shape index (κ2) is 16.3. The first-order chi connectivity index (χ1) is 37.7. The summed E-state index contributed by atoms with van der Waals surface area (Å²) in [6.07, 6.45) is 0. The minimum Gasteiger partial charge on any atom is -0.278 e. The summed E-state index contributed by atoms with van der Waals surface area (Å²) in [5.74, 6) is 1.67. The molecule has 16 rings (SSSR count). The van der Waals surface area contributed by atoms with Crippen LogP contribution >= 0.6 is 0 Å². The van der Waals surface area contributed by atoms with E-state index in [2.05, 4.69) is 276 Å². The predicted octanol–water partition coefficient (Wildman–Crippen LogP) is 16.5. The van der Waals surface area contributed by atoms with E-state index in [1.807, 2.05) is 6.07 Å². The highest BCUT2D eigenvalue weighted by Gasteiger charge is 2.48. The maximum atomic E-state index is 5.77. The topological polar surface area (TPSA) is 48.5 Å². The van der Waals surface area contributed by atoms with Crippen LogP contribution < -0.4 is 0 Å². The van der Waals surface area contributed by atoms with E-state index in [1.165, 1.54) is 66.8 Å². The van der Waals surface area contributed by atoms with Crippen molar-refractivity contribution in [3.63, 3.8) is 0 Å². The Labute approximate surface area is 439 Å². The van der Waals surface area contributed by atoms with Gasteiger partial charge in [0.1, 0.15) is 0 Å². The molecule has 2 aliphatic rings. The molecule has 2 aliphatic carbocycles. The zero-order valence-corrected chi connectivity index (χ0v) is 41.2. The van der Waals surface area contributed by atoms with Crippen LogP contribution in [0.1, 0.15) is 44.5 Å². The molecule has 0 radical (unpaired) electrons. The van der Waals surface area contributed by atoms with Crippen molar-refractivity contribution in [2.75, 3.05) is 0 Å². The molecule has 0 fully saturated rings. The fourth-order valence-corrected chi connectivity index (χ4v) is 13.6. The Morgan fingerprint density at radius 1 is 0.276 bits per heavy atom. The Bertz CT molecular complexity index is 4540. The molecule has 11 aromatic carbocycles. The molecular formula is C71H45N5. The zero-order chi connectivity index (χ0) is 50.0. The summed E-state index contributed by atoms with van der Waals surface area (Å²) in [5.41, 5.74) is 18.5. The molecule has 3 aromatic heterocycles. The summed E-state index contributed by atoms with van der Waals surface area (Å²) in [5, 5.41) is 4.52. The molecule has 76 heavy (non-hydrogen) atoms. The molecule has 14 aromatic rings. The van der Waals surface area contributed by atoms with Crippen molar-refractivity contribution in [3.05, 3.63) is 317 Å². The van der Waals surface area contributed by atoms with Gasteiger partial charge in [0.05, 0.1) is 32.9 Å².